The Kier molecular flexibility index (Phi) is 5.93. The van der Waals surface area contributed by atoms with Gasteiger partial charge in [-0.3, -0.25) is 4.79 Å². The standard InChI is InChI=1S/C17H14ClF2NO4/c1-24-15-4-3-9(5-11(15)17(23)25-2)8-21-16(22)10-6-13(19)14(20)7-12(10)18/h3-7H,8H2,1-2H3,(H,21,22). The Morgan fingerprint density at radius 3 is 2.40 bits per heavy atom. The number of esters is 1. The summed E-state index contributed by atoms with van der Waals surface area (Å²) < 4.78 is 36.1. The number of amides is 1. The predicted molar refractivity (Wildman–Crippen MR) is 86.9 cm³/mol. The number of benzene rings is 2. The molecule has 0 heterocycles. The van der Waals surface area contributed by atoms with Gasteiger partial charge in [-0.2, -0.15) is 0 Å². The largest absolute Gasteiger partial charge is 0.496 e. The minimum atomic E-state index is -1.17. The maximum atomic E-state index is 13.3. The Morgan fingerprint density at radius 1 is 1.08 bits per heavy atom. The predicted octanol–water partition coefficient (Wildman–Crippen LogP) is 3.34. The van der Waals surface area contributed by atoms with E-state index in [0.717, 1.165) is 12.1 Å². The zero-order chi connectivity index (χ0) is 18.6. The first-order valence-electron chi connectivity index (χ1n) is 7.05. The van der Waals surface area contributed by atoms with Gasteiger partial charge in [-0.05, 0) is 29.8 Å². The number of rotatable bonds is 5. The molecule has 0 aromatic heterocycles. The van der Waals surface area contributed by atoms with Crippen molar-refractivity contribution in [3.63, 3.8) is 0 Å². The number of carbonyl (C=O) groups is 2. The number of methoxy groups -OCH3 is 2. The van der Waals surface area contributed by atoms with Crippen LogP contribution in [0, 0.1) is 11.6 Å². The average Bonchev–Trinajstić information content (AvgIpc) is 2.61. The molecule has 0 radical (unpaired) electrons. The SMILES string of the molecule is COC(=O)c1cc(CNC(=O)c2cc(F)c(F)cc2Cl)ccc1OC. The van der Waals surface area contributed by atoms with Gasteiger partial charge >= 0.3 is 5.97 Å². The molecule has 0 unspecified atom stereocenters. The van der Waals surface area contributed by atoms with Gasteiger partial charge in [-0.15, -0.1) is 0 Å². The molecule has 0 fully saturated rings. The zero-order valence-electron chi connectivity index (χ0n) is 13.4. The fraction of sp³-hybridized carbons (Fsp3) is 0.176. The summed E-state index contributed by atoms with van der Waals surface area (Å²) in [5, 5.41) is 2.31. The molecule has 25 heavy (non-hydrogen) atoms. The Hall–Kier alpha value is -2.67. The fourth-order valence-corrected chi connectivity index (χ4v) is 2.34. The van der Waals surface area contributed by atoms with E-state index in [2.05, 4.69) is 10.1 Å². The van der Waals surface area contributed by atoms with E-state index in [9.17, 15) is 18.4 Å². The lowest BCUT2D eigenvalue weighted by molar-refractivity contribution is 0.0597. The third-order valence-corrected chi connectivity index (χ3v) is 3.69. The highest BCUT2D eigenvalue weighted by atomic mass is 35.5. The van der Waals surface area contributed by atoms with E-state index in [0.29, 0.717) is 11.3 Å². The van der Waals surface area contributed by atoms with Crippen molar-refractivity contribution in [3.8, 4) is 5.75 Å². The molecule has 0 spiro atoms. The van der Waals surface area contributed by atoms with Crippen LogP contribution in [-0.2, 0) is 11.3 Å². The number of hydrogen-bond donors (Lipinski definition) is 1. The van der Waals surface area contributed by atoms with Gasteiger partial charge < -0.3 is 14.8 Å². The number of nitrogens with one attached hydrogen (secondary N) is 1. The van der Waals surface area contributed by atoms with Crippen LogP contribution in [0.25, 0.3) is 0 Å². The van der Waals surface area contributed by atoms with E-state index in [-0.39, 0.29) is 22.7 Å². The van der Waals surface area contributed by atoms with Crippen molar-refractivity contribution in [1.29, 1.82) is 0 Å². The van der Waals surface area contributed by atoms with Crippen LogP contribution >= 0.6 is 11.6 Å². The first kappa shape index (κ1) is 18.7. The molecule has 1 N–H and O–H groups in total. The normalized spacial score (nSPS) is 10.3. The van der Waals surface area contributed by atoms with E-state index in [1.54, 1.807) is 12.1 Å². The first-order chi connectivity index (χ1) is 11.9. The molecule has 2 aromatic carbocycles. The Labute approximate surface area is 147 Å². The highest BCUT2D eigenvalue weighted by molar-refractivity contribution is 6.33. The van der Waals surface area contributed by atoms with E-state index in [1.807, 2.05) is 0 Å². The summed E-state index contributed by atoms with van der Waals surface area (Å²) in [5.41, 5.74) is 0.582. The van der Waals surface area contributed by atoms with Crippen LogP contribution in [0.3, 0.4) is 0 Å². The highest BCUT2D eigenvalue weighted by Crippen LogP contribution is 2.22. The van der Waals surface area contributed by atoms with Crippen molar-refractivity contribution in [1.82, 2.24) is 5.32 Å². The van der Waals surface area contributed by atoms with Crippen molar-refractivity contribution in [2.24, 2.45) is 0 Å². The van der Waals surface area contributed by atoms with E-state index < -0.39 is 23.5 Å². The lowest BCUT2D eigenvalue weighted by Gasteiger charge is -2.11. The van der Waals surface area contributed by atoms with Crippen molar-refractivity contribution in [2.45, 2.75) is 6.54 Å². The molecule has 5 nitrogen and oxygen atoms in total. The van der Waals surface area contributed by atoms with Gasteiger partial charge in [0, 0.05) is 6.54 Å². The van der Waals surface area contributed by atoms with Crippen molar-refractivity contribution in [2.75, 3.05) is 14.2 Å². The van der Waals surface area contributed by atoms with Crippen molar-refractivity contribution >= 4 is 23.5 Å². The van der Waals surface area contributed by atoms with Gasteiger partial charge in [-0.1, -0.05) is 17.7 Å². The zero-order valence-corrected chi connectivity index (χ0v) is 14.1. The molecule has 0 bridgehead atoms. The Bertz CT molecular complexity index is 827. The number of carbonyl (C=O) groups excluding carboxylic acids is 2. The monoisotopic (exact) mass is 369 g/mol. The van der Waals surface area contributed by atoms with E-state index in [1.165, 1.54) is 20.3 Å². The second kappa shape index (κ2) is 7.94. The maximum absolute atomic E-state index is 13.3. The molecule has 0 aliphatic rings. The third-order valence-electron chi connectivity index (χ3n) is 3.38. The van der Waals surface area contributed by atoms with Gasteiger partial charge in [0.2, 0.25) is 0 Å². The molecular weight excluding hydrogens is 356 g/mol. The quantitative estimate of drug-likeness (QED) is 0.648. The number of ether oxygens (including phenoxy) is 2. The van der Waals surface area contributed by atoms with Crippen LogP contribution in [0.15, 0.2) is 30.3 Å². The number of halogens is 3. The van der Waals surface area contributed by atoms with Gasteiger partial charge in [0.15, 0.2) is 11.6 Å². The minimum absolute atomic E-state index is 0.0299. The lowest BCUT2D eigenvalue weighted by Crippen LogP contribution is -2.23. The fourth-order valence-electron chi connectivity index (χ4n) is 2.11. The van der Waals surface area contributed by atoms with Crippen molar-refractivity contribution in [3.05, 3.63) is 63.7 Å². The number of hydrogen-bond acceptors (Lipinski definition) is 4. The molecule has 0 atom stereocenters. The summed E-state index contributed by atoms with van der Waals surface area (Å²) in [5.74, 6) is -3.26. The molecule has 2 aromatic rings. The van der Waals surface area contributed by atoms with E-state index >= 15 is 0 Å². The van der Waals surface area contributed by atoms with Crippen LogP contribution < -0.4 is 10.1 Å². The molecule has 1 amide bonds. The second-order valence-electron chi connectivity index (χ2n) is 4.96. The summed E-state index contributed by atoms with van der Waals surface area (Å²) in [4.78, 5) is 23.8. The average molecular weight is 370 g/mol. The Balaban J connectivity index is 2.17. The van der Waals surface area contributed by atoms with Crippen molar-refractivity contribution < 1.29 is 27.8 Å². The smallest absolute Gasteiger partial charge is 0.341 e. The van der Waals surface area contributed by atoms with Crippen LogP contribution in [0.2, 0.25) is 5.02 Å². The first-order valence-corrected chi connectivity index (χ1v) is 7.43. The van der Waals surface area contributed by atoms with Gasteiger partial charge in [0.1, 0.15) is 11.3 Å². The summed E-state index contributed by atoms with van der Waals surface area (Å²) in [6.07, 6.45) is 0. The molecule has 2 rings (SSSR count). The molecular formula is C17H14ClF2NO4. The second-order valence-corrected chi connectivity index (χ2v) is 5.36. The van der Waals surface area contributed by atoms with Crippen LogP contribution in [0.5, 0.6) is 5.75 Å². The minimum Gasteiger partial charge on any atom is -0.496 e. The Morgan fingerprint density at radius 2 is 1.76 bits per heavy atom. The summed E-state index contributed by atoms with van der Waals surface area (Å²) >= 11 is 5.76. The van der Waals surface area contributed by atoms with Gasteiger partial charge in [-0.25, -0.2) is 13.6 Å². The highest BCUT2D eigenvalue weighted by Gasteiger charge is 2.16. The molecule has 0 aliphatic heterocycles. The van der Waals surface area contributed by atoms with Crippen LogP contribution in [0.4, 0.5) is 8.78 Å². The summed E-state index contributed by atoms with van der Waals surface area (Å²) in [7, 11) is 2.65. The molecule has 8 heteroatoms. The van der Waals surface area contributed by atoms with Gasteiger partial charge in [0.25, 0.3) is 5.91 Å². The maximum Gasteiger partial charge on any atom is 0.341 e. The summed E-state index contributed by atoms with van der Waals surface area (Å²) in [6, 6.07) is 6.14. The third kappa shape index (κ3) is 4.24. The molecule has 0 saturated carbocycles. The topological polar surface area (TPSA) is 64.6 Å². The van der Waals surface area contributed by atoms with E-state index in [4.69, 9.17) is 16.3 Å². The molecule has 132 valence electrons. The molecule has 0 saturated heterocycles. The van der Waals surface area contributed by atoms with Gasteiger partial charge in [0.05, 0.1) is 24.8 Å². The lowest BCUT2D eigenvalue weighted by atomic mass is 10.1. The van der Waals surface area contributed by atoms with Crippen LogP contribution in [-0.4, -0.2) is 26.1 Å². The van der Waals surface area contributed by atoms with Crippen LogP contribution in [0.1, 0.15) is 26.3 Å². The molecule has 0 aliphatic carbocycles. The summed E-state index contributed by atoms with van der Waals surface area (Å²) in [6.45, 7) is 0.0299.